The molecule has 1 fully saturated rings. The SMILES string of the molecule is O=C(O)CC(=O)OCC1OC(Oc2ccc3c(=O)cc(-c4ccccc4)oc3c2)C(O)C(O)C1O. The van der Waals surface area contributed by atoms with E-state index in [0.717, 1.165) is 0 Å². The predicted molar refractivity (Wildman–Crippen MR) is 118 cm³/mol. The number of carboxylic acids is 1. The minimum Gasteiger partial charge on any atom is -0.481 e. The molecule has 0 spiro atoms. The topological polar surface area (TPSA) is 173 Å². The molecular formula is C24H22O11. The third-order valence-corrected chi connectivity index (χ3v) is 5.38. The van der Waals surface area contributed by atoms with Crippen LogP contribution in [0.4, 0.5) is 0 Å². The average Bonchev–Trinajstić information content (AvgIpc) is 2.83. The highest BCUT2D eigenvalue weighted by Crippen LogP contribution is 2.28. The lowest BCUT2D eigenvalue weighted by Crippen LogP contribution is -2.60. The molecule has 1 aliphatic rings. The van der Waals surface area contributed by atoms with Gasteiger partial charge in [-0.15, -0.1) is 0 Å². The van der Waals surface area contributed by atoms with E-state index in [1.54, 1.807) is 24.3 Å². The Labute approximate surface area is 197 Å². The Morgan fingerprint density at radius 3 is 2.40 bits per heavy atom. The van der Waals surface area contributed by atoms with Crippen molar-refractivity contribution in [2.24, 2.45) is 0 Å². The van der Waals surface area contributed by atoms with E-state index in [4.69, 9.17) is 23.7 Å². The number of hydrogen-bond acceptors (Lipinski definition) is 10. The second-order valence-corrected chi connectivity index (χ2v) is 7.88. The molecule has 184 valence electrons. The molecule has 4 rings (SSSR count). The molecule has 3 aromatic rings. The maximum Gasteiger partial charge on any atom is 0.317 e. The number of benzene rings is 2. The summed E-state index contributed by atoms with van der Waals surface area (Å²) >= 11 is 0. The normalized spacial score (nSPS) is 24.1. The fraction of sp³-hybridized carbons (Fsp3) is 0.292. The van der Waals surface area contributed by atoms with Crippen molar-refractivity contribution in [2.75, 3.05) is 6.61 Å². The number of carbonyl (C=O) groups is 2. The molecule has 0 aliphatic carbocycles. The Kier molecular flexibility index (Phi) is 7.12. The summed E-state index contributed by atoms with van der Waals surface area (Å²) in [5.41, 5.74) is 0.632. The van der Waals surface area contributed by atoms with Crippen molar-refractivity contribution < 1.29 is 48.6 Å². The first kappa shape index (κ1) is 24.4. The lowest BCUT2D eigenvalue weighted by atomic mass is 9.99. The van der Waals surface area contributed by atoms with Crippen molar-refractivity contribution in [3.05, 3.63) is 64.8 Å². The number of ether oxygens (including phenoxy) is 3. The standard InChI is InChI=1S/C24H22O11/c25-15-9-16(12-4-2-1-3-5-12)34-17-8-13(6-7-14(15)17)33-24-23(31)22(30)21(29)18(35-24)11-32-20(28)10-19(26)27/h1-9,18,21-24,29-31H,10-11H2,(H,26,27). The molecule has 0 bridgehead atoms. The third kappa shape index (κ3) is 5.49. The fourth-order valence-corrected chi connectivity index (χ4v) is 3.59. The van der Waals surface area contributed by atoms with Crippen LogP contribution in [-0.2, 0) is 19.1 Å². The molecule has 1 aromatic heterocycles. The van der Waals surface area contributed by atoms with Gasteiger partial charge in [0.25, 0.3) is 0 Å². The molecule has 11 nitrogen and oxygen atoms in total. The van der Waals surface area contributed by atoms with Gasteiger partial charge >= 0.3 is 11.9 Å². The van der Waals surface area contributed by atoms with Crippen LogP contribution in [-0.4, -0.2) is 69.7 Å². The zero-order valence-electron chi connectivity index (χ0n) is 18.1. The van der Waals surface area contributed by atoms with Gasteiger partial charge in [0.05, 0.1) is 5.39 Å². The lowest BCUT2D eigenvalue weighted by Gasteiger charge is -2.39. The van der Waals surface area contributed by atoms with E-state index < -0.39 is 55.7 Å². The quantitative estimate of drug-likeness (QED) is 0.273. The van der Waals surface area contributed by atoms with Gasteiger partial charge in [0.15, 0.2) is 5.43 Å². The lowest BCUT2D eigenvalue weighted by molar-refractivity contribution is -0.278. The largest absolute Gasteiger partial charge is 0.481 e. The van der Waals surface area contributed by atoms with Crippen LogP contribution in [0.3, 0.4) is 0 Å². The molecule has 0 saturated carbocycles. The van der Waals surface area contributed by atoms with Crippen LogP contribution in [0.5, 0.6) is 5.75 Å². The third-order valence-electron chi connectivity index (χ3n) is 5.38. The Morgan fingerprint density at radius 1 is 0.943 bits per heavy atom. The van der Waals surface area contributed by atoms with E-state index in [0.29, 0.717) is 16.7 Å². The Hall–Kier alpha value is -3.77. The van der Waals surface area contributed by atoms with Crippen LogP contribution < -0.4 is 10.2 Å². The summed E-state index contributed by atoms with van der Waals surface area (Å²) in [4.78, 5) is 34.6. The van der Waals surface area contributed by atoms with Crippen molar-refractivity contribution in [3.8, 4) is 17.1 Å². The van der Waals surface area contributed by atoms with Crippen molar-refractivity contribution in [1.82, 2.24) is 0 Å². The minimum absolute atomic E-state index is 0.125. The van der Waals surface area contributed by atoms with Crippen LogP contribution in [0.15, 0.2) is 63.8 Å². The number of fused-ring (bicyclic) bond motifs is 1. The summed E-state index contributed by atoms with van der Waals surface area (Å²) < 4.78 is 21.7. The van der Waals surface area contributed by atoms with Crippen LogP contribution >= 0.6 is 0 Å². The number of aliphatic carboxylic acids is 1. The summed E-state index contributed by atoms with van der Waals surface area (Å²) in [5, 5.41) is 39.6. The number of carboxylic acid groups (broad SMARTS) is 1. The first-order valence-electron chi connectivity index (χ1n) is 10.6. The van der Waals surface area contributed by atoms with Crippen molar-refractivity contribution in [3.63, 3.8) is 0 Å². The van der Waals surface area contributed by atoms with Gasteiger partial charge in [0.2, 0.25) is 6.29 Å². The zero-order valence-corrected chi connectivity index (χ0v) is 18.1. The van der Waals surface area contributed by atoms with Gasteiger partial charge in [0, 0.05) is 17.7 Å². The van der Waals surface area contributed by atoms with Crippen LogP contribution in [0.1, 0.15) is 6.42 Å². The molecule has 1 aliphatic heterocycles. The maximum atomic E-state index is 12.5. The van der Waals surface area contributed by atoms with E-state index in [2.05, 4.69) is 0 Å². The molecule has 4 N–H and O–H groups in total. The highest BCUT2D eigenvalue weighted by atomic mass is 16.7. The minimum atomic E-state index is -1.71. The van der Waals surface area contributed by atoms with Gasteiger partial charge in [-0.25, -0.2) is 0 Å². The number of aliphatic hydroxyl groups is 3. The number of carbonyl (C=O) groups excluding carboxylic acids is 1. The highest BCUT2D eigenvalue weighted by Gasteiger charge is 2.45. The number of aliphatic hydroxyl groups excluding tert-OH is 3. The van der Waals surface area contributed by atoms with Crippen molar-refractivity contribution in [2.45, 2.75) is 37.1 Å². The summed E-state index contributed by atoms with van der Waals surface area (Å²) in [6, 6.07) is 14.7. The molecule has 5 unspecified atom stereocenters. The van der Waals surface area contributed by atoms with Gasteiger partial charge in [0.1, 0.15) is 54.5 Å². The maximum absolute atomic E-state index is 12.5. The van der Waals surface area contributed by atoms with E-state index in [-0.39, 0.29) is 16.8 Å². The molecule has 5 atom stereocenters. The zero-order chi connectivity index (χ0) is 25.1. The smallest absolute Gasteiger partial charge is 0.317 e. The van der Waals surface area contributed by atoms with Crippen LogP contribution in [0.2, 0.25) is 0 Å². The van der Waals surface area contributed by atoms with Gasteiger partial charge < -0.3 is 39.1 Å². The molecule has 1 saturated heterocycles. The second-order valence-electron chi connectivity index (χ2n) is 7.88. The van der Waals surface area contributed by atoms with Crippen LogP contribution in [0, 0.1) is 0 Å². The van der Waals surface area contributed by atoms with E-state index in [1.807, 2.05) is 6.07 Å². The van der Waals surface area contributed by atoms with E-state index in [9.17, 15) is 29.7 Å². The number of rotatable bonds is 7. The summed E-state index contributed by atoms with van der Waals surface area (Å²) in [5.74, 6) is -1.99. The molecule has 2 heterocycles. The molecule has 2 aromatic carbocycles. The fourth-order valence-electron chi connectivity index (χ4n) is 3.59. The second kappa shape index (κ2) is 10.2. The van der Waals surface area contributed by atoms with Gasteiger partial charge in [-0.1, -0.05) is 30.3 Å². The number of esters is 1. The van der Waals surface area contributed by atoms with Crippen LogP contribution in [0.25, 0.3) is 22.3 Å². The Morgan fingerprint density at radius 2 is 1.69 bits per heavy atom. The highest BCUT2D eigenvalue weighted by molar-refractivity contribution is 5.90. The molecule has 11 heteroatoms. The monoisotopic (exact) mass is 486 g/mol. The first-order chi connectivity index (χ1) is 16.7. The summed E-state index contributed by atoms with van der Waals surface area (Å²) in [6.45, 7) is -0.579. The molecule has 35 heavy (non-hydrogen) atoms. The Balaban J connectivity index is 1.54. The van der Waals surface area contributed by atoms with E-state index in [1.165, 1.54) is 24.3 Å². The first-order valence-corrected chi connectivity index (χ1v) is 10.6. The number of hydrogen-bond donors (Lipinski definition) is 4. The van der Waals surface area contributed by atoms with E-state index >= 15 is 0 Å². The average molecular weight is 486 g/mol. The van der Waals surface area contributed by atoms with Gasteiger partial charge in [-0.05, 0) is 12.1 Å². The van der Waals surface area contributed by atoms with Gasteiger partial charge in [-0.3, -0.25) is 14.4 Å². The molecule has 0 radical (unpaired) electrons. The molecule has 0 amide bonds. The van der Waals surface area contributed by atoms with Crippen molar-refractivity contribution in [1.29, 1.82) is 0 Å². The summed E-state index contributed by atoms with van der Waals surface area (Å²) in [6.07, 6.45) is -8.70. The Bertz CT molecular complexity index is 1270. The van der Waals surface area contributed by atoms with Gasteiger partial charge in [-0.2, -0.15) is 0 Å². The molecular weight excluding hydrogens is 464 g/mol. The summed E-state index contributed by atoms with van der Waals surface area (Å²) in [7, 11) is 0. The predicted octanol–water partition coefficient (Wildman–Crippen LogP) is 0.664. The van der Waals surface area contributed by atoms with Crippen molar-refractivity contribution >= 4 is 22.9 Å².